The number of likely N-dealkylation sites (N-methyl/N-ethyl adjacent to an activating group) is 1. The highest BCUT2D eigenvalue weighted by Crippen LogP contribution is 2.08. The molecule has 0 fully saturated rings. The third kappa shape index (κ3) is 3.84. The SMILES string of the molecule is CCCCc1ccc(C(=O)CNC)cc1. The molecule has 0 aromatic heterocycles. The highest BCUT2D eigenvalue weighted by Gasteiger charge is 2.03. The predicted octanol–water partition coefficient (Wildman–Crippen LogP) is 2.43. The maximum Gasteiger partial charge on any atom is 0.176 e. The van der Waals surface area contributed by atoms with E-state index in [1.165, 1.54) is 18.4 Å². The van der Waals surface area contributed by atoms with Crippen LogP contribution in [0.5, 0.6) is 0 Å². The number of unbranched alkanes of at least 4 members (excludes halogenated alkanes) is 1. The Labute approximate surface area is 91.7 Å². The normalized spacial score (nSPS) is 10.3. The van der Waals surface area contributed by atoms with Crippen LogP contribution in [0.25, 0.3) is 0 Å². The molecule has 0 atom stereocenters. The number of benzene rings is 1. The van der Waals surface area contributed by atoms with Crippen molar-refractivity contribution >= 4 is 5.78 Å². The van der Waals surface area contributed by atoms with Gasteiger partial charge in [0.05, 0.1) is 6.54 Å². The van der Waals surface area contributed by atoms with Crippen molar-refractivity contribution in [1.82, 2.24) is 5.32 Å². The van der Waals surface area contributed by atoms with Gasteiger partial charge in [-0.2, -0.15) is 0 Å². The summed E-state index contributed by atoms with van der Waals surface area (Å²) in [6.45, 7) is 2.60. The van der Waals surface area contributed by atoms with E-state index in [9.17, 15) is 4.79 Å². The molecule has 0 bridgehead atoms. The van der Waals surface area contributed by atoms with Crippen LogP contribution < -0.4 is 5.32 Å². The van der Waals surface area contributed by atoms with Crippen LogP contribution in [0.15, 0.2) is 24.3 Å². The van der Waals surface area contributed by atoms with Crippen molar-refractivity contribution in [3.63, 3.8) is 0 Å². The molecule has 0 aliphatic heterocycles. The van der Waals surface area contributed by atoms with Crippen LogP contribution in [0.2, 0.25) is 0 Å². The van der Waals surface area contributed by atoms with Crippen molar-refractivity contribution in [1.29, 1.82) is 0 Å². The highest BCUT2D eigenvalue weighted by atomic mass is 16.1. The molecule has 0 heterocycles. The van der Waals surface area contributed by atoms with Crippen LogP contribution in [0.1, 0.15) is 35.7 Å². The Balaban J connectivity index is 2.59. The fourth-order valence-electron chi connectivity index (χ4n) is 1.50. The van der Waals surface area contributed by atoms with Crippen molar-refractivity contribution in [2.24, 2.45) is 0 Å². The molecule has 0 amide bonds. The lowest BCUT2D eigenvalue weighted by atomic mass is 10.0. The Morgan fingerprint density at radius 2 is 1.93 bits per heavy atom. The summed E-state index contributed by atoms with van der Waals surface area (Å²) in [5, 5.41) is 2.87. The Morgan fingerprint density at radius 3 is 2.47 bits per heavy atom. The van der Waals surface area contributed by atoms with Gasteiger partial charge in [0.15, 0.2) is 5.78 Å². The number of carbonyl (C=O) groups is 1. The van der Waals surface area contributed by atoms with Crippen molar-refractivity contribution in [3.05, 3.63) is 35.4 Å². The molecule has 2 heteroatoms. The van der Waals surface area contributed by atoms with Gasteiger partial charge in [-0.1, -0.05) is 37.6 Å². The molecule has 0 saturated carbocycles. The summed E-state index contributed by atoms with van der Waals surface area (Å²) in [4.78, 5) is 11.5. The lowest BCUT2D eigenvalue weighted by Crippen LogP contribution is -2.18. The standard InChI is InChI=1S/C13H19NO/c1-3-4-5-11-6-8-12(9-7-11)13(15)10-14-2/h6-9,14H,3-5,10H2,1-2H3. The molecule has 1 aromatic rings. The van der Waals surface area contributed by atoms with E-state index in [0.29, 0.717) is 6.54 Å². The summed E-state index contributed by atoms with van der Waals surface area (Å²) in [7, 11) is 1.79. The van der Waals surface area contributed by atoms with E-state index >= 15 is 0 Å². The molecule has 1 aromatic carbocycles. The maximum absolute atomic E-state index is 11.5. The second kappa shape index (κ2) is 6.36. The lowest BCUT2D eigenvalue weighted by molar-refractivity contribution is 0.0993. The first-order chi connectivity index (χ1) is 7.27. The number of rotatable bonds is 6. The number of hydrogen-bond donors (Lipinski definition) is 1. The molecule has 0 saturated heterocycles. The van der Waals surface area contributed by atoms with Gasteiger partial charge in [-0.3, -0.25) is 4.79 Å². The number of aryl methyl sites for hydroxylation is 1. The highest BCUT2D eigenvalue weighted by molar-refractivity contribution is 5.97. The molecular weight excluding hydrogens is 186 g/mol. The van der Waals surface area contributed by atoms with Crippen LogP contribution >= 0.6 is 0 Å². The Kier molecular flexibility index (Phi) is 5.05. The van der Waals surface area contributed by atoms with Crippen LogP contribution in [0.4, 0.5) is 0 Å². The molecular formula is C13H19NO. The molecule has 0 unspecified atom stereocenters. The van der Waals surface area contributed by atoms with E-state index in [1.54, 1.807) is 7.05 Å². The molecule has 0 aliphatic carbocycles. The number of nitrogens with one attached hydrogen (secondary N) is 1. The van der Waals surface area contributed by atoms with Crippen molar-refractivity contribution in [2.45, 2.75) is 26.2 Å². The van der Waals surface area contributed by atoms with Crippen LogP contribution in [0.3, 0.4) is 0 Å². The first-order valence-corrected chi connectivity index (χ1v) is 5.54. The van der Waals surface area contributed by atoms with Gasteiger partial charge in [0.2, 0.25) is 0 Å². The molecule has 1 rings (SSSR count). The summed E-state index contributed by atoms with van der Waals surface area (Å²) in [5.41, 5.74) is 2.11. The summed E-state index contributed by atoms with van der Waals surface area (Å²) in [6, 6.07) is 7.95. The average molecular weight is 205 g/mol. The number of Topliss-reactive ketones (excluding diaryl/α,β-unsaturated/α-hetero) is 1. The van der Waals surface area contributed by atoms with Gasteiger partial charge in [0, 0.05) is 5.56 Å². The van der Waals surface area contributed by atoms with Gasteiger partial charge >= 0.3 is 0 Å². The predicted molar refractivity (Wildman–Crippen MR) is 63.3 cm³/mol. The molecule has 1 N–H and O–H groups in total. The van der Waals surface area contributed by atoms with Crippen LogP contribution in [-0.2, 0) is 6.42 Å². The Hall–Kier alpha value is -1.15. The van der Waals surface area contributed by atoms with Crippen LogP contribution in [0, 0.1) is 0 Å². The minimum atomic E-state index is 0.152. The van der Waals surface area contributed by atoms with Gasteiger partial charge < -0.3 is 5.32 Å². The van der Waals surface area contributed by atoms with Crippen molar-refractivity contribution in [2.75, 3.05) is 13.6 Å². The van der Waals surface area contributed by atoms with Gasteiger partial charge in [0.1, 0.15) is 0 Å². The topological polar surface area (TPSA) is 29.1 Å². The number of carbonyl (C=O) groups excluding carboxylic acids is 1. The fraction of sp³-hybridized carbons (Fsp3) is 0.462. The van der Waals surface area contributed by atoms with E-state index in [1.807, 2.05) is 12.1 Å². The smallest absolute Gasteiger partial charge is 0.176 e. The van der Waals surface area contributed by atoms with E-state index < -0.39 is 0 Å². The Morgan fingerprint density at radius 1 is 1.27 bits per heavy atom. The summed E-state index contributed by atoms with van der Waals surface area (Å²) in [6.07, 6.45) is 3.53. The molecule has 82 valence electrons. The zero-order valence-electron chi connectivity index (χ0n) is 9.55. The van der Waals surface area contributed by atoms with Gasteiger partial charge in [-0.25, -0.2) is 0 Å². The minimum absolute atomic E-state index is 0.152. The average Bonchev–Trinajstić information content (AvgIpc) is 2.27. The van der Waals surface area contributed by atoms with E-state index in [4.69, 9.17) is 0 Å². The van der Waals surface area contributed by atoms with E-state index in [2.05, 4.69) is 24.4 Å². The second-order valence-electron chi connectivity index (χ2n) is 3.75. The quantitative estimate of drug-likeness (QED) is 0.723. The summed E-state index contributed by atoms with van der Waals surface area (Å²) in [5.74, 6) is 0.152. The molecule has 2 nitrogen and oxygen atoms in total. The largest absolute Gasteiger partial charge is 0.313 e. The van der Waals surface area contributed by atoms with Gasteiger partial charge in [-0.15, -0.1) is 0 Å². The number of hydrogen-bond acceptors (Lipinski definition) is 2. The molecule has 15 heavy (non-hydrogen) atoms. The summed E-state index contributed by atoms with van der Waals surface area (Å²) < 4.78 is 0. The fourth-order valence-corrected chi connectivity index (χ4v) is 1.50. The third-order valence-electron chi connectivity index (χ3n) is 2.43. The third-order valence-corrected chi connectivity index (χ3v) is 2.43. The zero-order chi connectivity index (χ0) is 11.1. The zero-order valence-corrected chi connectivity index (χ0v) is 9.55. The first kappa shape index (κ1) is 11.9. The molecule has 0 spiro atoms. The monoisotopic (exact) mass is 205 g/mol. The van der Waals surface area contributed by atoms with Crippen LogP contribution in [-0.4, -0.2) is 19.4 Å². The van der Waals surface area contributed by atoms with Gasteiger partial charge in [0.25, 0.3) is 0 Å². The Bertz CT molecular complexity index is 303. The maximum atomic E-state index is 11.5. The lowest BCUT2D eigenvalue weighted by Gasteiger charge is -2.02. The van der Waals surface area contributed by atoms with Crippen molar-refractivity contribution in [3.8, 4) is 0 Å². The van der Waals surface area contributed by atoms with Crippen molar-refractivity contribution < 1.29 is 4.79 Å². The minimum Gasteiger partial charge on any atom is -0.313 e. The summed E-state index contributed by atoms with van der Waals surface area (Å²) >= 11 is 0. The van der Waals surface area contributed by atoms with E-state index in [0.717, 1.165) is 12.0 Å². The van der Waals surface area contributed by atoms with E-state index in [-0.39, 0.29) is 5.78 Å². The second-order valence-corrected chi connectivity index (χ2v) is 3.75. The van der Waals surface area contributed by atoms with Gasteiger partial charge in [-0.05, 0) is 25.5 Å². The first-order valence-electron chi connectivity index (χ1n) is 5.54. The number of ketones is 1. The molecule has 0 radical (unpaired) electrons. The molecule has 0 aliphatic rings.